The van der Waals surface area contributed by atoms with Gasteiger partial charge in [-0.2, -0.15) is 0 Å². The summed E-state index contributed by atoms with van der Waals surface area (Å²) in [6.07, 6.45) is 9.84. The molecule has 2 aromatic carbocycles. The molecular formula is C36H46F2N2O3. The molecule has 6 rings (SSSR count). The molecule has 1 unspecified atom stereocenters. The molecule has 43 heavy (non-hydrogen) atoms. The first-order valence-corrected chi connectivity index (χ1v) is 16.3. The predicted molar refractivity (Wildman–Crippen MR) is 165 cm³/mol. The average molecular weight is 593 g/mol. The number of rotatable bonds is 9. The second-order valence-electron chi connectivity index (χ2n) is 14.3. The van der Waals surface area contributed by atoms with Gasteiger partial charge in [0, 0.05) is 37.5 Å². The molecule has 0 radical (unpaired) electrons. The summed E-state index contributed by atoms with van der Waals surface area (Å²) in [6, 6.07) is 11.0. The number of hydrogen-bond acceptors (Lipinski definition) is 4. The highest BCUT2D eigenvalue weighted by atomic mass is 19.1. The Labute approximate surface area is 254 Å². The van der Waals surface area contributed by atoms with Crippen LogP contribution in [0.25, 0.3) is 11.1 Å². The standard InChI is InChI=1S/C36H46F2N2O3/c1-34(2,33(42)39-3)25-13-15-30(28(20-25)27-10-7-11-29(37)32(27)24-8-6-9-24)43-26-14-12-23(18-26)19-31(41)36(38)21-35(40-22-36)16-4-5-17-35/h7,10-11,13,15,20,23-24,26,40H,4-6,8-9,12,14,16-19,21-22H2,1-3H3,(H,39,42)/t23-,26?,36+/m1/s1. The third-order valence-corrected chi connectivity index (χ3v) is 11.0. The number of nitrogens with one attached hydrogen (secondary N) is 2. The normalized spacial score (nSPS) is 26.9. The van der Waals surface area contributed by atoms with Crippen LogP contribution in [0.2, 0.25) is 0 Å². The summed E-state index contributed by atoms with van der Waals surface area (Å²) in [7, 11) is 1.63. The van der Waals surface area contributed by atoms with Gasteiger partial charge in [0.1, 0.15) is 11.6 Å². The van der Waals surface area contributed by atoms with Gasteiger partial charge >= 0.3 is 0 Å². The number of benzene rings is 2. The molecule has 2 aromatic rings. The van der Waals surface area contributed by atoms with Gasteiger partial charge in [0.2, 0.25) is 5.91 Å². The van der Waals surface area contributed by atoms with E-state index < -0.39 is 11.1 Å². The van der Waals surface area contributed by atoms with E-state index in [-0.39, 0.29) is 54.0 Å². The number of amides is 1. The molecule has 1 heterocycles. The molecule has 5 nitrogen and oxygen atoms in total. The summed E-state index contributed by atoms with van der Waals surface area (Å²) in [4.78, 5) is 26.0. The summed E-state index contributed by atoms with van der Waals surface area (Å²) in [5.41, 5.74) is 0.409. The largest absolute Gasteiger partial charge is 0.490 e. The first kappa shape index (κ1) is 30.2. The summed E-state index contributed by atoms with van der Waals surface area (Å²) in [5.74, 6) is 0.341. The van der Waals surface area contributed by atoms with E-state index in [1.165, 1.54) is 6.07 Å². The molecule has 3 atom stereocenters. The number of halogens is 2. The van der Waals surface area contributed by atoms with E-state index in [1.54, 1.807) is 13.1 Å². The van der Waals surface area contributed by atoms with Crippen LogP contribution in [0, 0.1) is 11.7 Å². The summed E-state index contributed by atoms with van der Waals surface area (Å²) in [6.45, 7) is 3.90. The molecule has 2 N–H and O–H groups in total. The van der Waals surface area contributed by atoms with Crippen LogP contribution in [0.4, 0.5) is 8.78 Å². The quantitative estimate of drug-likeness (QED) is 0.321. The number of likely N-dealkylation sites (N-methyl/N-ethyl adjacent to an activating group) is 1. The Morgan fingerprint density at radius 2 is 1.81 bits per heavy atom. The zero-order chi connectivity index (χ0) is 30.4. The lowest BCUT2D eigenvalue weighted by Crippen LogP contribution is -2.38. The van der Waals surface area contributed by atoms with Crippen molar-refractivity contribution in [2.75, 3.05) is 13.6 Å². The van der Waals surface area contributed by atoms with Crippen LogP contribution in [0.3, 0.4) is 0 Å². The minimum Gasteiger partial charge on any atom is -0.490 e. The maximum Gasteiger partial charge on any atom is 0.229 e. The van der Waals surface area contributed by atoms with Crippen LogP contribution in [0.1, 0.15) is 108 Å². The molecule has 232 valence electrons. The summed E-state index contributed by atoms with van der Waals surface area (Å²) >= 11 is 0. The smallest absolute Gasteiger partial charge is 0.229 e. The highest BCUT2D eigenvalue weighted by Gasteiger charge is 2.53. The van der Waals surface area contributed by atoms with Crippen molar-refractivity contribution in [2.24, 2.45) is 5.92 Å². The number of alkyl halides is 1. The van der Waals surface area contributed by atoms with Crippen molar-refractivity contribution in [1.82, 2.24) is 10.6 Å². The molecule has 3 saturated carbocycles. The maximum atomic E-state index is 15.8. The van der Waals surface area contributed by atoms with Gasteiger partial charge in [0.25, 0.3) is 0 Å². The molecule has 4 aliphatic rings. The zero-order valence-electron chi connectivity index (χ0n) is 25.9. The Morgan fingerprint density at radius 1 is 1.05 bits per heavy atom. The number of ether oxygens (including phenoxy) is 1. The Morgan fingerprint density at radius 3 is 2.51 bits per heavy atom. The van der Waals surface area contributed by atoms with E-state index in [1.807, 2.05) is 38.1 Å². The van der Waals surface area contributed by atoms with Crippen LogP contribution in [0.5, 0.6) is 5.75 Å². The van der Waals surface area contributed by atoms with Gasteiger partial charge in [-0.05, 0) is 106 Å². The Balaban J connectivity index is 1.22. The Kier molecular flexibility index (Phi) is 8.16. The molecule has 1 saturated heterocycles. The molecule has 3 aliphatic carbocycles. The van der Waals surface area contributed by atoms with Crippen molar-refractivity contribution in [3.63, 3.8) is 0 Å². The van der Waals surface area contributed by atoms with Crippen molar-refractivity contribution < 1.29 is 23.1 Å². The van der Waals surface area contributed by atoms with Gasteiger partial charge in [-0.15, -0.1) is 0 Å². The molecule has 7 heteroatoms. The number of carbonyl (C=O) groups excluding carboxylic acids is 2. The van der Waals surface area contributed by atoms with Gasteiger partial charge in [-0.1, -0.05) is 37.5 Å². The molecule has 0 aromatic heterocycles. The lowest BCUT2D eigenvalue weighted by molar-refractivity contribution is -0.130. The van der Waals surface area contributed by atoms with Gasteiger partial charge in [-0.3, -0.25) is 9.59 Å². The van der Waals surface area contributed by atoms with E-state index >= 15 is 8.78 Å². The van der Waals surface area contributed by atoms with Gasteiger partial charge < -0.3 is 15.4 Å². The molecule has 4 fully saturated rings. The summed E-state index contributed by atoms with van der Waals surface area (Å²) in [5, 5.41) is 6.13. The molecule has 1 amide bonds. The van der Waals surface area contributed by atoms with Crippen LogP contribution < -0.4 is 15.4 Å². The molecule has 1 aliphatic heterocycles. The SMILES string of the molecule is CNC(=O)C(C)(C)c1ccc(OC2CC[C@@H](CC(=O)[C@@]3(F)CNC4(CCCC4)C3)C2)c(-c2cccc(F)c2C2CCC2)c1. The monoisotopic (exact) mass is 592 g/mol. The first-order valence-electron chi connectivity index (χ1n) is 16.3. The van der Waals surface area contributed by atoms with Crippen LogP contribution >= 0.6 is 0 Å². The molecule has 1 spiro atoms. The van der Waals surface area contributed by atoms with E-state index in [0.29, 0.717) is 18.6 Å². The Bertz CT molecular complexity index is 1380. The second-order valence-corrected chi connectivity index (χ2v) is 14.3. The van der Waals surface area contributed by atoms with E-state index in [9.17, 15) is 9.59 Å². The fourth-order valence-electron chi connectivity index (χ4n) is 8.10. The van der Waals surface area contributed by atoms with Crippen molar-refractivity contribution in [2.45, 2.75) is 120 Å². The second kappa shape index (κ2) is 11.6. The van der Waals surface area contributed by atoms with Crippen LogP contribution in [0.15, 0.2) is 36.4 Å². The van der Waals surface area contributed by atoms with E-state index in [4.69, 9.17) is 4.74 Å². The van der Waals surface area contributed by atoms with Gasteiger partial charge in [-0.25, -0.2) is 8.78 Å². The third-order valence-electron chi connectivity index (χ3n) is 11.0. The van der Waals surface area contributed by atoms with Crippen LogP contribution in [-0.4, -0.2) is 42.6 Å². The van der Waals surface area contributed by atoms with Crippen molar-refractivity contribution in [1.29, 1.82) is 0 Å². The maximum absolute atomic E-state index is 15.8. The zero-order valence-corrected chi connectivity index (χ0v) is 25.9. The van der Waals surface area contributed by atoms with Gasteiger partial charge in [0.05, 0.1) is 11.5 Å². The lowest BCUT2D eigenvalue weighted by Gasteiger charge is -2.30. The first-order chi connectivity index (χ1) is 20.5. The molecule has 0 bridgehead atoms. The minimum absolute atomic E-state index is 0.0832. The van der Waals surface area contributed by atoms with Crippen molar-refractivity contribution in [3.8, 4) is 16.9 Å². The van der Waals surface area contributed by atoms with Crippen LogP contribution in [-0.2, 0) is 15.0 Å². The number of Topliss-reactive ketones (excluding diaryl/α,β-unsaturated/α-hetero) is 1. The highest BCUT2D eigenvalue weighted by molar-refractivity contribution is 5.89. The number of carbonyl (C=O) groups is 2. The minimum atomic E-state index is -1.76. The molecular weight excluding hydrogens is 546 g/mol. The highest BCUT2D eigenvalue weighted by Crippen LogP contribution is 2.47. The predicted octanol–water partition coefficient (Wildman–Crippen LogP) is 7.30. The topological polar surface area (TPSA) is 67.4 Å². The number of ketones is 1. The Hall–Kier alpha value is -2.80. The fraction of sp³-hybridized carbons (Fsp3) is 0.611. The van der Waals surface area contributed by atoms with Gasteiger partial charge in [0.15, 0.2) is 11.5 Å². The number of hydrogen-bond donors (Lipinski definition) is 2. The van der Waals surface area contributed by atoms with Crippen molar-refractivity contribution in [3.05, 3.63) is 53.3 Å². The van der Waals surface area contributed by atoms with Crippen molar-refractivity contribution >= 4 is 11.7 Å². The summed E-state index contributed by atoms with van der Waals surface area (Å²) < 4.78 is 37.8. The van der Waals surface area contributed by atoms with E-state index in [2.05, 4.69) is 10.6 Å². The lowest BCUT2D eigenvalue weighted by atomic mass is 9.76. The average Bonchev–Trinajstić information content (AvgIpc) is 3.69. The fourth-order valence-corrected chi connectivity index (χ4v) is 8.10. The third kappa shape index (κ3) is 5.74. The van der Waals surface area contributed by atoms with E-state index in [0.717, 1.165) is 80.0 Å².